The monoisotopic (exact) mass is 260 g/mol. The fourth-order valence-electron chi connectivity index (χ4n) is 2.14. The summed E-state index contributed by atoms with van der Waals surface area (Å²) in [4.78, 5) is 0. The lowest BCUT2D eigenvalue weighted by atomic mass is 10.0. The van der Waals surface area contributed by atoms with Gasteiger partial charge in [0.15, 0.2) is 0 Å². The Morgan fingerprint density at radius 3 is 2.15 bits per heavy atom. The van der Waals surface area contributed by atoms with E-state index in [1.54, 1.807) is 6.26 Å². The predicted octanol–water partition coefficient (Wildman–Crippen LogP) is 5.04. The van der Waals surface area contributed by atoms with Crippen LogP contribution in [0.2, 0.25) is 0 Å². The highest BCUT2D eigenvalue weighted by Gasteiger charge is 1.96. The van der Waals surface area contributed by atoms with Gasteiger partial charge in [-0.05, 0) is 41.3 Å². The number of benzene rings is 2. The van der Waals surface area contributed by atoms with E-state index in [-0.39, 0.29) is 0 Å². The Morgan fingerprint density at radius 1 is 0.700 bits per heavy atom. The quantitative estimate of drug-likeness (QED) is 0.640. The molecule has 0 saturated carbocycles. The fourth-order valence-corrected chi connectivity index (χ4v) is 2.14. The van der Waals surface area contributed by atoms with Crippen molar-refractivity contribution >= 4 is 12.2 Å². The zero-order chi connectivity index (χ0) is 13.6. The smallest absolute Gasteiger partial charge is 0.126 e. The van der Waals surface area contributed by atoms with Crippen LogP contribution in [-0.4, -0.2) is 0 Å². The van der Waals surface area contributed by atoms with Crippen LogP contribution < -0.4 is 0 Å². The van der Waals surface area contributed by atoms with E-state index in [9.17, 15) is 0 Å². The van der Waals surface area contributed by atoms with Gasteiger partial charge in [-0.1, -0.05) is 60.7 Å². The van der Waals surface area contributed by atoms with Crippen molar-refractivity contribution in [3.63, 3.8) is 0 Å². The standard InChI is InChI=1S/C19H16O/c1-2-5-17(6-3-1)15-18-10-8-16(9-11-18)12-13-19-7-4-14-20-19/h1-14H,15H2. The molecule has 1 heteroatoms. The normalized spacial score (nSPS) is 11.0. The summed E-state index contributed by atoms with van der Waals surface area (Å²) < 4.78 is 5.27. The van der Waals surface area contributed by atoms with Crippen molar-refractivity contribution in [2.75, 3.05) is 0 Å². The van der Waals surface area contributed by atoms with E-state index < -0.39 is 0 Å². The third-order valence-electron chi connectivity index (χ3n) is 3.21. The third-order valence-corrected chi connectivity index (χ3v) is 3.21. The Hall–Kier alpha value is -2.54. The largest absolute Gasteiger partial charge is 0.465 e. The first kappa shape index (κ1) is 12.5. The van der Waals surface area contributed by atoms with E-state index in [4.69, 9.17) is 4.42 Å². The van der Waals surface area contributed by atoms with Gasteiger partial charge in [-0.2, -0.15) is 0 Å². The number of hydrogen-bond acceptors (Lipinski definition) is 1. The van der Waals surface area contributed by atoms with Crippen LogP contribution >= 0.6 is 0 Å². The van der Waals surface area contributed by atoms with Crippen LogP contribution in [0, 0.1) is 0 Å². The number of rotatable bonds is 4. The summed E-state index contributed by atoms with van der Waals surface area (Å²) in [5.74, 6) is 0.873. The van der Waals surface area contributed by atoms with E-state index in [1.807, 2.05) is 24.3 Å². The second kappa shape index (κ2) is 6.07. The summed E-state index contributed by atoms with van der Waals surface area (Å²) >= 11 is 0. The van der Waals surface area contributed by atoms with Crippen LogP contribution in [0.1, 0.15) is 22.5 Å². The van der Waals surface area contributed by atoms with Crippen LogP contribution in [0.4, 0.5) is 0 Å². The summed E-state index contributed by atoms with van der Waals surface area (Å²) in [5.41, 5.74) is 3.84. The van der Waals surface area contributed by atoms with Gasteiger partial charge in [0, 0.05) is 0 Å². The molecule has 0 aliphatic carbocycles. The molecule has 1 nitrogen and oxygen atoms in total. The fraction of sp³-hybridized carbons (Fsp3) is 0.0526. The van der Waals surface area contributed by atoms with Crippen molar-refractivity contribution in [1.82, 2.24) is 0 Å². The Kier molecular flexibility index (Phi) is 3.79. The molecule has 0 saturated heterocycles. The van der Waals surface area contributed by atoms with Crippen LogP contribution in [0.25, 0.3) is 12.2 Å². The third kappa shape index (κ3) is 3.27. The van der Waals surface area contributed by atoms with Crippen LogP contribution in [-0.2, 0) is 6.42 Å². The average Bonchev–Trinajstić information content (AvgIpc) is 3.01. The van der Waals surface area contributed by atoms with E-state index in [0.717, 1.165) is 12.2 Å². The van der Waals surface area contributed by atoms with Gasteiger partial charge in [0.1, 0.15) is 5.76 Å². The molecule has 0 amide bonds. The minimum atomic E-state index is 0.873. The van der Waals surface area contributed by atoms with E-state index in [0.29, 0.717) is 0 Å². The average molecular weight is 260 g/mol. The lowest BCUT2D eigenvalue weighted by Gasteiger charge is -2.02. The molecule has 0 fully saturated rings. The van der Waals surface area contributed by atoms with Crippen molar-refractivity contribution < 1.29 is 4.42 Å². The highest BCUT2D eigenvalue weighted by atomic mass is 16.3. The predicted molar refractivity (Wildman–Crippen MR) is 83.3 cm³/mol. The molecule has 0 N–H and O–H groups in total. The van der Waals surface area contributed by atoms with Crippen LogP contribution in [0.15, 0.2) is 77.4 Å². The Morgan fingerprint density at radius 2 is 1.45 bits per heavy atom. The molecule has 2 aromatic carbocycles. The summed E-state index contributed by atoms with van der Waals surface area (Å²) in [6.07, 6.45) is 6.70. The first-order valence-electron chi connectivity index (χ1n) is 6.75. The van der Waals surface area contributed by atoms with Gasteiger partial charge >= 0.3 is 0 Å². The van der Waals surface area contributed by atoms with Gasteiger partial charge in [0.05, 0.1) is 6.26 Å². The molecule has 1 aromatic heterocycles. The molecule has 0 aliphatic rings. The SMILES string of the molecule is C(=Cc1ccco1)c1ccc(Cc2ccccc2)cc1. The first-order valence-corrected chi connectivity index (χ1v) is 6.75. The molecule has 20 heavy (non-hydrogen) atoms. The van der Waals surface area contributed by atoms with Gasteiger partial charge in [0.25, 0.3) is 0 Å². The molecule has 0 aliphatic heterocycles. The van der Waals surface area contributed by atoms with Crippen molar-refractivity contribution in [2.24, 2.45) is 0 Å². The molecule has 0 spiro atoms. The maximum Gasteiger partial charge on any atom is 0.126 e. The molecular weight excluding hydrogens is 244 g/mol. The van der Waals surface area contributed by atoms with Gasteiger partial charge in [-0.15, -0.1) is 0 Å². The van der Waals surface area contributed by atoms with Crippen molar-refractivity contribution in [1.29, 1.82) is 0 Å². The number of furan rings is 1. The summed E-state index contributed by atoms with van der Waals surface area (Å²) in [6.45, 7) is 0. The summed E-state index contributed by atoms with van der Waals surface area (Å²) in [5, 5.41) is 0. The van der Waals surface area contributed by atoms with Gasteiger partial charge in [-0.25, -0.2) is 0 Å². The molecule has 3 rings (SSSR count). The van der Waals surface area contributed by atoms with Crippen molar-refractivity contribution in [3.8, 4) is 0 Å². The maximum absolute atomic E-state index is 5.27. The van der Waals surface area contributed by atoms with Crippen molar-refractivity contribution in [3.05, 3.63) is 95.4 Å². The number of hydrogen-bond donors (Lipinski definition) is 0. The van der Waals surface area contributed by atoms with Crippen molar-refractivity contribution in [2.45, 2.75) is 6.42 Å². The molecule has 98 valence electrons. The zero-order valence-electron chi connectivity index (χ0n) is 11.2. The molecule has 0 unspecified atom stereocenters. The summed E-state index contributed by atoms with van der Waals surface area (Å²) in [6, 6.07) is 23.0. The lowest BCUT2D eigenvalue weighted by molar-refractivity contribution is 0.557. The molecule has 1 heterocycles. The summed E-state index contributed by atoms with van der Waals surface area (Å²) in [7, 11) is 0. The van der Waals surface area contributed by atoms with Crippen LogP contribution in [0.3, 0.4) is 0 Å². The zero-order valence-corrected chi connectivity index (χ0v) is 11.2. The van der Waals surface area contributed by atoms with Crippen LogP contribution in [0.5, 0.6) is 0 Å². The molecular formula is C19H16O. The molecule has 0 bridgehead atoms. The second-order valence-electron chi connectivity index (χ2n) is 4.75. The Labute approximate surface area is 119 Å². The van der Waals surface area contributed by atoms with E-state index >= 15 is 0 Å². The first-order chi connectivity index (χ1) is 9.90. The van der Waals surface area contributed by atoms with Gasteiger partial charge in [0.2, 0.25) is 0 Å². The second-order valence-corrected chi connectivity index (χ2v) is 4.75. The van der Waals surface area contributed by atoms with Gasteiger partial charge < -0.3 is 4.42 Å². The van der Waals surface area contributed by atoms with Gasteiger partial charge in [-0.3, -0.25) is 0 Å². The maximum atomic E-state index is 5.27. The van der Waals surface area contributed by atoms with E-state index in [1.165, 1.54) is 16.7 Å². The van der Waals surface area contributed by atoms with E-state index in [2.05, 4.69) is 54.6 Å². The molecule has 0 atom stereocenters. The molecule has 0 radical (unpaired) electrons. The molecule has 3 aromatic rings. The topological polar surface area (TPSA) is 13.1 Å². The Balaban J connectivity index is 1.68. The minimum Gasteiger partial charge on any atom is -0.465 e. The highest BCUT2D eigenvalue weighted by molar-refractivity contribution is 5.67. The minimum absolute atomic E-state index is 0.873. The highest BCUT2D eigenvalue weighted by Crippen LogP contribution is 2.13. The lowest BCUT2D eigenvalue weighted by Crippen LogP contribution is -1.87. The Bertz CT molecular complexity index is 662.